The van der Waals surface area contributed by atoms with E-state index in [4.69, 9.17) is 10.00 Å². The quantitative estimate of drug-likeness (QED) is 0.650. The molecule has 1 saturated heterocycles. The number of rotatable bonds is 7. The van der Waals surface area contributed by atoms with Crippen molar-refractivity contribution in [3.8, 4) is 6.07 Å². The minimum atomic E-state index is -0.258. The highest BCUT2D eigenvalue weighted by Gasteiger charge is 2.13. The summed E-state index contributed by atoms with van der Waals surface area (Å²) in [7, 11) is 1.74. The van der Waals surface area contributed by atoms with Crippen molar-refractivity contribution in [2.75, 3.05) is 39.8 Å². The van der Waals surface area contributed by atoms with Crippen LogP contribution in [0.15, 0.2) is 0 Å². The van der Waals surface area contributed by atoms with Crippen LogP contribution in [0.4, 0.5) is 4.79 Å². The number of hydrogen-bond acceptors (Lipinski definition) is 4. The number of likely N-dealkylation sites (tertiary alicyclic amines) is 1. The Bertz CT molecular complexity index is 282. The number of hydrogen-bond donors (Lipinski definition) is 0. The normalized spacial score (nSPS) is 15.3. The first-order valence-electron chi connectivity index (χ1n) is 6.71. The molecule has 0 bridgehead atoms. The van der Waals surface area contributed by atoms with Crippen molar-refractivity contribution in [3.63, 3.8) is 0 Å². The monoisotopic (exact) mass is 253 g/mol. The summed E-state index contributed by atoms with van der Waals surface area (Å²) in [5.41, 5.74) is 0. The molecule has 1 rings (SSSR count). The average molecular weight is 253 g/mol. The molecule has 0 saturated carbocycles. The molecule has 102 valence electrons. The lowest BCUT2D eigenvalue weighted by atomic mass is 10.2. The molecule has 1 amide bonds. The summed E-state index contributed by atoms with van der Waals surface area (Å²) in [6.07, 6.45) is 4.50. The van der Waals surface area contributed by atoms with Gasteiger partial charge in [-0.25, -0.2) is 4.79 Å². The van der Waals surface area contributed by atoms with E-state index in [1.165, 1.54) is 12.8 Å². The SMILES string of the molecule is CN(CCCCC#N)C(=O)OCCN1CCCC1. The summed E-state index contributed by atoms with van der Waals surface area (Å²) in [5, 5.41) is 8.40. The molecule has 18 heavy (non-hydrogen) atoms. The van der Waals surface area contributed by atoms with Crippen molar-refractivity contribution in [2.24, 2.45) is 0 Å². The third-order valence-electron chi connectivity index (χ3n) is 3.18. The maximum atomic E-state index is 11.6. The van der Waals surface area contributed by atoms with E-state index in [1.807, 2.05) is 0 Å². The van der Waals surface area contributed by atoms with E-state index in [1.54, 1.807) is 11.9 Å². The van der Waals surface area contributed by atoms with Gasteiger partial charge in [0.05, 0.1) is 6.07 Å². The zero-order valence-electron chi connectivity index (χ0n) is 11.2. The molecule has 1 fully saturated rings. The van der Waals surface area contributed by atoms with Gasteiger partial charge in [0.15, 0.2) is 0 Å². The van der Waals surface area contributed by atoms with Gasteiger partial charge in [-0.2, -0.15) is 5.26 Å². The summed E-state index contributed by atoms with van der Waals surface area (Å²) in [4.78, 5) is 15.5. The standard InChI is InChI=1S/C13H23N3O2/c1-15(8-4-2-3-7-14)13(17)18-12-11-16-9-5-6-10-16/h2-6,8-12H2,1H3. The Morgan fingerprint density at radius 1 is 1.39 bits per heavy atom. The van der Waals surface area contributed by atoms with E-state index in [0.717, 1.165) is 32.5 Å². The molecule has 0 unspecified atom stereocenters. The van der Waals surface area contributed by atoms with Gasteiger partial charge in [-0.15, -0.1) is 0 Å². The molecule has 0 aromatic carbocycles. The third kappa shape index (κ3) is 5.87. The Kier molecular flexibility index (Phi) is 7.19. The van der Waals surface area contributed by atoms with Crippen LogP contribution in [-0.4, -0.2) is 55.7 Å². The van der Waals surface area contributed by atoms with Crippen LogP contribution in [0.3, 0.4) is 0 Å². The Labute approximate surface area is 109 Å². The van der Waals surface area contributed by atoms with Crippen LogP contribution in [-0.2, 0) is 4.74 Å². The number of nitrogens with zero attached hydrogens (tertiary/aromatic N) is 3. The highest BCUT2D eigenvalue weighted by Crippen LogP contribution is 2.06. The van der Waals surface area contributed by atoms with Crippen molar-refractivity contribution in [1.82, 2.24) is 9.80 Å². The first-order chi connectivity index (χ1) is 8.74. The highest BCUT2D eigenvalue weighted by molar-refractivity contribution is 5.67. The summed E-state index contributed by atoms with van der Waals surface area (Å²) in [5.74, 6) is 0. The van der Waals surface area contributed by atoms with E-state index >= 15 is 0 Å². The lowest BCUT2D eigenvalue weighted by molar-refractivity contribution is 0.101. The number of ether oxygens (including phenoxy) is 1. The van der Waals surface area contributed by atoms with Gasteiger partial charge < -0.3 is 9.64 Å². The Hall–Kier alpha value is -1.28. The van der Waals surface area contributed by atoms with E-state index < -0.39 is 0 Å². The van der Waals surface area contributed by atoms with E-state index in [9.17, 15) is 4.79 Å². The van der Waals surface area contributed by atoms with Gasteiger partial charge in [0.2, 0.25) is 0 Å². The fourth-order valence-electron chi connectivity index (χ4n) is 2.02. The molecule has 0 atom stereocenters. The number of amides is 1. The predicted octanol–water partition coefficient (Wildman–Crippen LogP) is 1.84. The molecule has 0 aromatic heterocycles. The molecule has 0 aliphatic carbocycles. The van der Waals surface area contributed by atoms with Crippen molar-refractivity contribution < 1.29 is 9.53 Å². The smallest absolute Gasteiger partial charge is 0.409 e. The number of carbonyl (C=O) groups excluding carboxylic acids is 1. The molecule has 1 aliphatic rings. The lowest BCUT2D eigenvalue weighted by Crippen LogP contribution is -2.31. The van der Waals surface area contributed by atoms with Gasteiger partial charge in [-0.3, -0.25) is 4.90 Å². The van der Waals surface area contributed by atoms with E-state index in [0.29, 0.717) is 19.6 Å². The van der Waals surface area contributed by atoms with Gasteiger partial charge >= 0.3 is 6.09 Å². The Balaban J connectivity index is 2.02. The van der Waals surface area contributed by atoms with Crippen LogP contribution in [0.25, 0.3) is 0 Å². The van der Waals surface area contributed by atoms with E-state index in [2.05, 4.69) is 11.0 Å². The lowest BCUT2D eigenvalue weighted by Gasteiger charge is -2.18. The van der Waals surface area contributed by atoms with Crippen molar-refractivity contribution in [3.05, 3.63) is 0 Å². The highest BCUT2D eigenvalue weighted by atomic mass is 16.6. The van der Waals surface area contributed by atoms with Crippen molar-refractivity contribution in [1.29, 1.82) is 5.26 Å². The van der Waals surface area contributed by atoms with Crippen LogP contribution in [0, 0.1) is 11.3 Å². The summed E-state index contributed by atoms with van der Waals surface area (Å²) in [6, 6.07) is 2.10. The molecular formula is C13H23N3O2. The minimum Gasteiger partial charge on any atom is -0.448 e. The summed E-state index contributed by atoms with van der Waals surface area (Å²) < 4.78 is 5.20. The number of nitriles is 1. The zero-order chi connectivity index (χ0) is 13.2. The van der Waals surface area contributed by atoms with Crippen LogP contribution in [0.2, 0.25) is 0 Å². The molecule has 5 nitrogen and oxygen atoms in total. The zero-order valence-corrected chi connectivity index (χ0v) is 11.2. The average Bonchev–Trinajstić information content (AvgIpc) is 2.87. The molecule has 0 N–H and O–H groups in total. The van der Waals surface area contributed by atoms with Gasteiger partial charge in [-0.1, -0.05) is 0 Å². The second kappa shape index (κ2) is 8.76. The second-order valence-electron chi connectivity index (χ2n) is 4.70. The van der Waals surface area contributed by atoms with Crippen LogP contribution < -0.4 is 0 Å². The molecular weight excluding hydrogens is 230 g/mol. The topological polar surface area (TPSA) is 56.6 Å². The maximum absolute atomic E-state index is 11.6. The molecule has 1 heterocycles. The fourth-order valence-corrected chi connectivity index (χ4v) is 2.02. The molecule has 0 aromatic rings. The third-order valence-corrected chi connectivity index (χ3v) is 3.18. The molecule has 5 heteroatoms. The fraction of sp³-hybridized carbons (Fsp3) is 0.846. The van der Waals surface area contributed by atoms with Gasteiger partial charge in [-0.05, 0) is 38.8 Å². The first kappa shape index (κ1) is 14.8. The van der Waals surface area contributed by atoms with Crippen molar-refractivity contribution in [2.45, 2.75) is 32.1 Å². The largest absolute Gasteiger partial charge is 0.448 e. The Morgan fingerprint density at radius 2 is 2.11 bits per heavy atom. The summed E-state index contributed by atoms with van der Waals surface area (Å²) in [6.45, 7) is 4.22. The molecule has 0 spiro atoms. The summed E-state index contributed by atoms with van der Waals surface area (Å²) >= 11 is 0. The van der Waals surface area contributed by atoms with Crippen molar-refractivity contribution >= 4 is 6.09 Å². The van der Waals surface area contributed by atoms with Gasteiger partial charge in [0.25, 0.3) is 0 Å². The van der Waals surface area contributed by atoms with E-state index in [-0.39, 0.29) is 6.09 Å². The first-order valence-corrected chi connectivity index (χ1v) is 6.71. The minimum absolute atomic E-state index is 0.258. The number of carbonyl (C=O) groups is 1. The van der Waals surface area contributed by atoms with Gasteiger partial charge in [0, 0.05) is 26.6 Å². The predicted molar refractivity (Wildman–Crippen MR) is 69.1 cm³/mol. The van der Waals surface area contributed by atoms with Gasteiger partial charge in [0.1, 0.15) is 6.61 Å². The number of unbranched alkanes of at least 4 members (excludes halogenated alkanes) is 2. The van der Waals surface area contributed by atoms with Crippen LogP contribution in [0.1, 0.15) is 32.1 Å². The molecule has 0 radical (unpaired) electrons. The maximum Gasteiger partial charge on any atom is 0.409 e. The van der Waals surface area contributed by atoms with Crippen LogP contribution in [0.5, 0.6) is 0 Å². The second-order valence-corrected chi connectivity index (χ2v) is 4.70. The molecule has 1 aliphatic heterocycles. The van der Waals surface area contributed by atoms with Crippen LogP contribution >= 0.6 is 0 Å². The Morgan fingerprint density at radius 3 is 2.78 bits per heavy atom.